The highest BCUT2D eigenvalue weighted by Gasteiger charge is 2.42. The lowest BCUT2D eigenvalue weighted by Crippen LogP contribution is -2.49. The molecule has 0 bridgehead atoms. The molecule has 4 rings (SSSR count). The Bertz CT molecular complexity index is 592. The Labute approximate surface area is 149 Å². The fraction of sp³-hybridized carbons (Fsp3) is 0.650. The first-order valence-electron chi connectivity index (χ1n) is 9.51. The smallest absolute Gasteiger partial charge is 0.317 e. The maximum atomic E-state index is 12.4. The average molecular weight is 344 g/mol. The molecule has 5 nitrogen and oxygen atoms in total. The average Bonchev–Trinajstić information content (AvgIpc) is 3.31. The number of urea groups is 1. The third-order valence-corrected chi connectivity index (χ3v) is 6.05. The molecule has 3 fully saturated rings. The fourth-order valence-corrected chi connectivity index (χ4v) is 4.28. The second kappa shape index (κ2) is 6.96. The van der Waals surface area contributed by atoms with E-state index in [1.165, 1.54) is 12.0 Å². The van der Waals surface area contributed by atoms with Crippen molar-refractivity contribution in [1.29, 1.82) is 0 Å². The number of piperidine rings is 1. The number of carbonyl (C=O) groups excluding carboxylic acids is 1. The van der Waals surface area contributed by atoms with E-state index in [0.717, 1.165) is 32.5 Å². The summed E-state index contributed by atoms with van der Waals surface area (Å²) in [6, 6.07) is 10.7. The maximum Gasteiger partial charge on any atom is 0.317 e. The number of amides is 2. The first-order chi connectivity index (χ1) is 12.2. The number of hydrogen-bond acceptors (Lipinski definition) is 3. The number of rotatable bonds is 4. The minimum absolute atomic E-state index is 0.0792. The van der Waals surface area contributed by atoms with Gasteiger partial charge < -0.3 is 19.7 Å². The molecule has 2 saturated heterocycles. The number of hydrogen-bond donors (Lipinski definition) is 1. The Kier molecular flexibility index (Phi) is 4.69. The van der Waals surface area contributed by atoms with E-state index in [4.69, 9.17) is 9.47 Å². The van der Waals surface area contributed by atoms with Crippen LogP contribution in [0.4, 0.5) is 4.79 Å². The van der Waals surface area contributed by atoms with Gasteiger partial charge in [0, 0.05) is 25.6 Å². The van der Waals surface area contributed by atoms with Crippen molar-refractivity contribution in [1.82, 2.24) is 10.2 Å². The van der Waals surface area contributed by atoms with Crippen LogP contribution in [0.1, 0.15) is 37.7 Å². The molecule has 1 N–H and O–H groups in total. The lowest BCUT2D eigenvalue weighted by Gasteiger charge is -2.39. The van der Waals surface area contributed by atoms with Crippen LogP contribution in [0.2, 0.25) is 0 Å². The van der Waals surface area contributed by atoms with Crippen molar-refractivity contribution >= 4 is 6.03 Å². The van der Waals surface area contributed by atoms with E-state index >= 15 is 0 Å². The van der Waals surface area contributed by atoms with Crippen molar-refractivity contribution in [3.05, 3.63) is 35.9 Å². The summed E-state index contributed by atoms with van der Waals surface area (Å²) in [6.07, 6.45) is 3.07. The minimum atomic E-state index is -0.445. The van der Waals surface area contributed by atoms with Crippen LogP contribution in [0, 0.1) is 11.8 Å². The van der Waals surface area contributed by atoms with Crippen LogP contribution in [-0.4, -0.2) is 49.6 Å². The van der Waals surface area contributed by atoms with E-state index in [0.29, 0.717) is 31.0 Å². The van der Waals surface area contributed by atoms with Gasteiger partial charge in [0.2, 0.25) is 0 Å². The van der Waals surface area contributed by atoms with Crippen LogP contribution in [0.3, 0.4) is 0 Å². The van der Waals surface area contributed by atoms with Gasteiger partial charge in [-0.3, -0.25) is 0 Å². The molecule has 1 saturated carbocycles. The Hall–Kier alpha value is -1.59. The molecule has 3 aliphatic rings. The number of nitrogens with zero attached hydrogens (tertiary/aromatic N) is 1. The van der Waals surface area contributed by atoms with Crippen molar-refractivity contribution in [2.75, 3.05) is 32.8 Å². The third-order valence-electron chi connectivity index (χ3n) is 6.05. The second-order valence-electron chi connectivity index (χ2n) is 7.67. The molecule has 1 aromatic rings. The highest BCUT2D eigenvalue weighted by atomic mass is 16.7. The summed E-state index contributed by atoms with van der Waals surface area (Å²) >= 11 is 0. The van der Waals surface area contributed by atoms with E-state index in [2.05, 4.69) is 29.6 Å². The molecule has 2 heterocycles. The first kappa shape index (κ1) is 16.9. The molecule has 2 aliphatic heterocycles. The van der Waals surface area contributed by atoms with Crippen LogP contribution in [-0.2, 0) is 9.47 Å². The fourth-order valence-electron chi connectivity index (χ4n) is 4.28. The molecule has 2 atom stereocenters. The van der Waals surface area contributed by atoms with Gasteiger partial charge >= 0.3 is 6.03 Å². The van der Waals surface area contributed by atoms with E-state index in [9.17, 15) is 4.79 Å². The third kappa shape index (κ3) is 3.67. The van der Waals surface area contributed by atoms with Crippen LogP contribution in [0.15, 0.2) is 30.3 Å². The molecule has 5 heteroatoms. The van der Waals surface area contributed by atoms with Gasteiger partial charge in [-0.1, -0.05) is 30.3 Å². The molecule has 2 amide bonds. The summed E-state index contributed by atoms with van der Waals surface area (Å²) in [5.74, 6) is 1.14. The predicted octanol–water partition coefficient (Wildman–Crippen LogP) is 2.97. The van der Waals surface area contributed by atoms with Crippen molar-refractivity contribution in [2.45, 2.75) is 37.9 Å². The molecule has 0 spiro atoms. The van der Waals surface area contributed by atoms with E-state index in [-0.39, 0.29) is 6.03 Å². The van der Waals surface area contributed by atoms with Gasteiger partial charge in [0.05, 0.1) is 13.2 Å². The van der Waals surface area contributed by atoms with Crippen LogP contribution in [0.25, 0.3) is 0 Å². The van der Waals surface area contributed by atoms with Crippen LogP contribution < -0.4 is 5.32 Å². The molecule has 25 heavy (non-hydrogen) atoms. The zero-order chi connectivity index (χ0) is 17.3. The zero-order valence-electron chi connectivity index (χ0n) is 14.9. The molecule has 0 unspecified atom stereocenters. The summed E-state index contributed by atoms with van der Waals surface area (Å²) in [4.78, 5) is 14.4. The van der Waals surface area contributed by atoms with Crippen molar-refractivity contribution < 1.29 is 14.3 Å². The Morgan fingerprint density at radius 1 is 1.20 bits per heavy atom. The monoisotopic (exact) mass is 344 g/mol. The van der Waals surface area contributed by atoms with E-state index < -0.39 is 5.79 Å². The van der Waals surface area contributed by atoms with Gasteiger partial charge in [0.1, 0.15) is 0 Å². The summed E-state index contributed by atoms with van der Waals surface area (Å²) < 4.78 is 11.6. The van der Waals surface area contributed by atoms with E-state index in [1.807, 2.05) is 17.9 Å². The van der Waals surface area contributed by atoms with Gasteiger partial charge in [0.15, 0.2) is 5.79 Å². The van der Waals surface area contributed by atoms with Crippen molar-refractivity contribution in [2.24, 2.45) is 11.8 Å². The lowest BCUT2D eigenvalue weighted by molar-refractivity contribution is -0.189. The van der Waals surface area contributed by atoms with Crippen LogP contribution >= 0.6 is 0 Å². The number of nitrogens with one attached hydrogen (secondary N) is 1. The Morgan fingerprint density at radius 3 is 2.56 bits per heavy atom. The molecule has 1 aromatic carbocycles. The highest BCUT2D eigenvalue weighted by Crippen LogP contribution is 2.46. The van der Waals surface area contributed by atoms with E-state index in [1.54, 1.807) is 0 Å². The number of benzene rings is 1. The summed E-state index contributed by atoms with van der Waals surface area (Å²) in [5.41, 5.74) is 1.40. The molecular weight excluding hydrogens is 316 g/mol. The van der Waals surface area contributed by atoms with Gasteiger partial charge in [-0.15, -0.1) is 0 Å². The molecule has 136 valence electrons. The normalized spacial score (nSPS) is 28.8. The summed E-state index contributed by atoms with van der Waals surface area (Å²) in [5, 5.41) is 3.13. The Morgan fingerprint density at radius 2 is 1.88 bits per heavy atom. The zero-order valence-corrected chi connectivity index (χ0v) is 14.9. The van der Waals surface area contributed by atoms with Crippen molar-refractivity contribution in [3.8, 4) is 0 Å². The van der Waals surface area contributed by atoms with Crippen molar-refractivity contribution in [3.63, 3.8) is 0 Å². The summed E-state index contributed by atoms with van der Waals surface area (Å²) in [6.45, 7) is 5.75. The number of likely N-dealkylation sites (tertiary alicyclic amines) is 1. The molecule has 0 aromatic heterocycles. The number of ether oxygens (including phenoxy) is 2. The Balaban J connectivity index is 1.20. The molecule has 1 aliphatic carbocycles. The quantitative estimate of drug-likeness (QED) is 0.913. The minimum Gasteiger partial charge on any atom is -0.348 e. The SMILES string of the molecule is CC1(C2CCN(C(=O)NC[C@@H]3C[C@@H]3c3ccccc3)CC2)OCCO1. The standard InChI is InChI=1S/C20H28N2O3/c1-20(24-11-12-25-20)17-7-9-22(10-8-17)19(23)21-14-16-13-18(16)15-5-3-2-4-6-15/h2-6,16-18H,7-14H2,1H3,(H,21,23)/t16-,18+/m0/s1. The lowest BCUT2D eigenvalue weighted by atomic mass is 9.89. The molecular formula is C20H28N2O3. The largest absolute Gasteiger partial charge is 0.348 e. The van der Waals surface area contributed by atoms with Gasteiger partial charge in [-0.25, -0.2) is 4.79 Å². The number of carbonyl (C=O) groups is 1. The van der Waals surface area contributed by atoms with Crippen LogP contribution in [0.5, 0.6) is 0 Å². The maximum absolute atomic E-state index is 12.4. The first-order valence-corrected chi connectivity index (χ1v) is 9.51. The van der Waals surface area contributed by atoms with Gasteiger partial charge in [-0.2, -0.15) is 0 Å². The van der Waals surface area contributed by atoms with Gasteiger partial charge in [0.25, 0.3) is 0 Å². The predicted molar refractivity (Wildman–Crippen MR) is 95.3 cm³/mol. The molecule has 0 radical (unpaired) electrons. The summed E-state index contributed by atoms with van der Waals surface area (Å²) in [7, 11) is 0. The topological polar surface area (TPSA) is 50.8 Å². The highest BCUT2D eigenvalue weighted by molar-refractivity contribution is 5.74. The van der Waals surface area contributed by atoms with Gasteiger partial charge in [-0.05, 0) is 43.6 Å². The second-order valence-corrected chi connectivity index (χ2v) is 7.67.